The van der Waals surface area contributed by atoms with Gasteiger partial charge in [-0.2, -0.15) is 0 Å². The minimum absolute atomic E-state index is 0.0594. The number of aromatic nitrogens is 4. The van der Waals surface area contributed by atoms with E-state index < -0.39 is 0 Å². The van der Waals surface area contributed by atoms with E-state index in [0.717, 1.165) is 43.2 Å². The number of amides is 1. The molecule has 0 fully saturated rings. The fourth-order valence-electron chi connectivity index (χ4n) is 3.31. The van der Waals surface area contributed by atoms with E-state index in [0.29, 0.717) is 6.54 Å². The molecule has 0 saturated heterocycles. The number of carbonyl (C=O) groups is 1. The number of nitrogens with one attached hydrogen (secondary N) is 1. The second kappa shape index (κ2) is 6.51. The molecular weight excluding hydrogens is 316 g/mol. The summed E-state index contributed by atoms with van der Waals surface area (Å²) in [6, 6.07) is 10.3. The van der Waals surface area contributed by atoms with Gasteiger partial charge in [0.15, 0.2) is 5.82 Å². The van der Waals surface area contributed by atoms with E-state index in [2.05, 4.69) is 42.1 Å². The van der Waals surface area contributed by atoms with E-state index in [1.807, 2.05) is 24.4 Å². The highest BCUT2D eigenvalue weighted by Gasteiger charge is 2.20. The van der Waals surface area contributed by atoms with Crippen LogP contribution in [0.3, 0.4) is 0 Å². The summed E-state index contributed by atoms with van der Waals surface area (Å²) in [6.45, 7) is 4.48. The van der Waals surface area contributed by atoms with Crippen LogP contribution in [0.5, 0.6) is 0 Å². The van der Waals surface area contributed by atoms with Crippen LogP contribution in [-0.2, 0) is 24.3 Å². The number of fused-ring (bicyclic) bond motifs is 2. The van der Waals surface area contributed by atoms with Crippen molar-refractivity contribution in [1.29, 1.82) is 0 Å². The highest BCUT2D eigenvalue weighted by Crippen LogP contribution is 2.26. The van der Waals surface area contributed by atoms with E-state index in [4.69, 9.17) is 0 Å². The summed E-state index contributed by atoms with van der Waals surface area (Å²) in [5, 5.41) is 12.5. The van der Waals surface area contributed by atoms with Crippen molar-refractivity contribution >= 4 is 22.5 Å². The maximum Gasteiger partial charge on any atom is 0.217 e. The second-order valence-corrected chi connectivity index (χ2v) is 6.18. The number of nitrogens with zero attached hydrogens (tertiary/aromatic N) is 5. The van der Waals surface area contributed by atoms with E-state index >= 15 is 0 Å². The predicted octanol–water partition coefficient (Wildman–Crippen LogP) is 1.53. The number of hydrogen-bond acceptors (Lipinski definition) is 5. The van der Waals surface area contributed by atoms with Crippen LogP contribution in [0.4, 0.5) is 5.69 Å². The third kappa shape index (κ3) is 3.05. The van der Waals surface area contributed by atoms with Crippen molar-refractivity contribution in [2.75, 3.05) is 18.0 Å². The molecule has 1 aromatic carbocycles. The zero-order chi connectivity index (χ0) is 17.2. The number of hydrogen-bond donors (Lipinski definition) is 1. The van der Waals surface area contributed by atoms with Crippen molar-refractivity contribution in [2.45, 2.75) is 26.4 Å². The lowest BCUT2D eigenvalue weighted by Crippen LogP contribution is -2.27. The van der Waals surface area contributed by atoms with Crippen LogP contribution in [0.25, 0.3) is 10.9 Å². The Morgan fingerprint density at radius 2 is 2.04 bits per heavy atom. The van der Waals surface area contributed by atoms with Crippen molar-refractivity contribution < 1.29 is 4.79 Å². The lowest BCUT2D eigenvalue weighted by Gasteiger charge is -2.23. The molecular formula is C18H20N6O. The molecule has 7 heteroatoms. The van der Waals surface area contributed by atoms with Gasteiger partial charge in [-0.3, -0.25) is 9.78 Å². The minimum atomic E-state index is -0.0594. The Morgan fingerprint density at radius 1 is 1.16 bits per heavy atom. The average Bonchev–Trinajstić information content (AvgIpc) is 2.89. The van der Waals surface area contributed by atoms with Crippen molar-refractivity contribution in [3.05, 3.63) is 48.2 Å². The molecule has 1 aliphatic heterocycles. The molecule has 4 rings (SSSR count). The second-order valence-electron chi connectivity index (χ2n) is 6.18. The van der Waals surface area contributed by atoms with Gasteiger partial charge in [0.1, 0.15) is 5.82 Å². The molecule has 0 bridgehead atoms. The molecule has 2 aromatic heterocycles. The van der Waals surface area contributed by atoms with Gasteiger partial charge in [0.25, 0.3) is 0 Å². The largest absolute Gasteiger partial charge is 0.369 e. The van der Waals surface area contributed by atoms with Gasteiger partial charge in [0.2, 0.25) is 5.91 Å². The Labute approximate surface area is 145 Å². The number of rotatable bonds is 3. The molecule has 0 unspecified atom stereocenters. The molecule has 1 N–H and O–H groups in total. The Hall–Kier alpha value is -2.96. The normalized spacial score (nSPS) is 14.2. The summed E-state index contributed by atoms with van der Waals surface area (Å²) in [4.78, 5) is 18.0. The monoisotopic (exact) mass is 336 g/mol. The van der Waals surface area contributed by atoms with Crippen LogP contribution in [0.15, 0.2) is 36.5 Å². The van der Waals surface area contributed by atoms with Crippen LogP contribution in [-0.4, -0.2) is 38.7 Å². The fraction of sp³-hybridized carbons (Fsp3) is 0.333. The van der Waals surface area contributed by atoms with E-state index in [1.54, 1.807) is 0 Å². The van der Waals surface area contributed by atoms with Gasteiger partial charge in [-0.05, 0) is 12.1 Å². The van der Waals surface area contributed by atoms with Crippen molar-refractivity contribution in [1.82, 2.24) is 25.1 Å². The topological polar surface area (TPSA) is 75.9 Å². The van der Waals surface area contributed by atoms with Crippen LogP contribution >= 0.6 is 0 Å². The maximum absolute atomic E-state index is 11.2. The standard InChI is InChI=1S/C18H20N6O/c1-13(25)20-12-18-22-21-17-7-9-23(10-11-24(17)18)16-6-8-19-15-5-3-2-4-14(15)16/h2-6,8H,7,9-12H2,1H3,(H,20,25). The molecule has 25 heavy (non-hydrogen) atoms. The van der Waals surface area contributed by atoms with E-state index in [-0.39, 0.29) is 5.91 Å². The molecule has 0 radical (unpaired) electrons. The molecule has 0 spiro atoms. The Bertz CT molecular complexity index is 914. The van der Waals surface area contributed by atoms with Gasteiger partial charge in [0.05, 0.1) is 12.1 Å². The highest BCUT2D eigenvalue weighted by atomic mass is 16.1. The quantitative estimate of drug-likeness (QED) is 0.785. The molecule has 128 valence electrons. The molecule has 3 aromatic rings. The number of pyridine rings is 1. The first-order valence-electron chi connectivity index (χ1n) is 8.46. The third-order valence-electron chi connectivity index (χ3n) is 4.57. The molecule has 0 saturated carbocycles. The van der Waals surface area contributed by atoms with E-state index in [1.165, 1.54) is 18.0 Å². The number of benzene rings is 1. The van der Waals surface area contributed by atoms with Gasteiger partial charge in [0, 0.05) is 50.2 Å². The molecule has 0 atom stereocenters. The summed E-state index contributed by atoms with van der Waals surface area (Å²) in [5.41, 5.74) is 2.21. The number of anilines is 1. The Kier molecular flexibility index (Phi) is 4.05. The van der Waals surface area contributed by atoms with Gasteiger partial charge < -0.3 is 14.8 Å². The van der Waals surface area contributed by atoms with Crippen LogP contribution in [0.2, 0.25) is 0 Å². The molecule has 3 heterocycles. The number of para-hydroxylation sites is 1. The van der Waals surface area contributed by atoms with Gasteiger partial charge in [-0.15, -0.1) is 10.2 Å². The molecule has 0 aliphatic carbocycles. The first-order chi connectivity index (χ1) is 12.2. The van der Waals surface area contributed by atoms with Crippen molar-refractivity contribution in [3.63, 3.8) is 0 Å². The third-order valence-corrected chi connectivity index (χ3v) is 4.57. The average molecular weight is 336 g/mol. The Morgan fingerprint density at radius 3 is 2.92 bits per heavy atom. The summed E-state index contributed by atoms with van der Waals surface area (Å²) >= 11 is 0. The van der Waals surface area contributed by atoms with Crippen LogP contribution in [0.1, 0.15) is 18.6 Å². The lowest BCUT2D eigenvalue weighted by atomic mass is 10.1. The molecule has 1 aliphatic rings. The Balaban J connectivity index is 1.58. The SMILES string of the molecule is CC(=O)NCc1nnc2n1CCN(c1ccnc3ccccc13)CC2. The van der Waals surface area contributed by atoms with E-state index in [9.17, 15) is 4.79 Å². The van der Waals surface area contributed by atoms with Crippen LogP contribution < -0.4 is 10.2 Å². The number of carbonyl (C=O) groups excluding carboxylic acids is 1. The fourth-order valence-corrected chi connectivity index (χ4v) is 3.31. The first-order valence-corrected chi connectivity index (χ1v) is 8.46. The minimum Gasteiger partial charge on any atom is -0.369 e. The smallest absolute Gasteiger partial charge is 0.217 e. The maximum atomic E-state index is 11.2. The predicted molar refractivity (Wildman–Crippen MR) is 95.2 cm³/mol. The summed E-state index contributed by atoms with van der Waals surface area (Å²) in [6.07, 6.45) is 2.69. The summed E-state index contributed by atoms with van der Waals surface area (Å²) in [5.74, 6) is 1.73. The van der Waals surface area contributed by atoms with Crippen LogP contribution in [0, 0.1) is 0 Å². The van der Waals surface area contributed by atoms with Gasteiger partial charge in [-0.25, -0.2) is 0 Å². The van der Waals surface area contributed by atoms with Crippen molar-refractivity contribution in [2.24, 2.45) is 0 Å². The highest BCUT2D eigenvalue weighted by molar-refractivity contribution is 5.91. The van der Waals surface area contributed by atoms with Gasteiger partial charge >= 0.3 is 0 Å². The van der Waals surface area contributed by atoms with Crippen molar-refractivity contribution in [3.8, 4) is 0 Å². The molecule has 1 amide bonds. The zero-order valence-corrected chi connectivity index (χ0v) is 14.1. The zero-order valence-electron chi connectivity index (χ0n) is 14.1. The molecule has 7 nitrogen and oxygen atoms in total. The summed E-state index contributed by atoms with van der Waals surface area (Å²) in [7, 11) is 0. The first kappa shape index (κ1) is 15.6. The summed E-state index contributed by atoms with van der Waals surface area (Å²) < 4.78 is 2.12. The lowest BCUT2D eigenvalue weighted by molar-refractivity contribution is -0.119. The van der Waals surface area contributed by atoms with Gasteiger partial charge in [-0.1, -0.05) is 18.2 Å².